The van der Waals surface area contributed by atoms with Gasteiger partial charge < -0.3 is 9.67 Å². The van der Waals surface area contributed by atoms with E-state index in [0.717, 1.165) is 22.1 Å². The summed E-state index contributed by atoms with van der Waals surface area (Å²) in [5.74, 6) is -0.802. The molecular weight excluding hydrogens is 330 g/mol. The van der Waals surface area contributed by atoms with Crippen molar-refractivity contribution in [1.29, 1.82) is 0 Å². The number of hydrogen-bond acceptors (Lipinski definition) is 1. The summed E-state index contributed by atoms with van der Waals surface area (Å²) in [6.07, 6.45) is 2.14. The zero-order chi connectivity index (χ0) is 14.8. The average molecular weight is 344 g/mol. The number of aromatic nitrogens is 1. The summed E-state index contributed by atoms with van der Waals surface area (Å²) in [6, 6.07) is 16.1. The summed E-state index contributed by atoms with van der Waals surface area (Å²) in [7, 11) is 0. The zero-order valence-electron chi connectivity index (χ0n) is 11.3. The lowest BCUT2D eigenvalue weighted by Gasteiger charge is -2.07. The quantitative estimate of drug-likeness (QED) is 0.775. The molecular formula is C17H14BrNO2. The summed E-state index contributed by atoms with van der Waals surface area (Å²) < 4.78 is 3.25. The van der Waals surface area contributed by atoms with Crippen LogP contribution >= 0.6 is 15.9 Å². The number of benzene rings is 2. The van der Waals surface area contributed by atoms with Crippen LogP contribution in [0, 0.1) is 0 Å². The number of nitrogens with zero attached hydrogens (tertiary/aromatic N) is 1. The molecule has 0 fully saturated rings. The van der Waals surface area contributed by atoms with Crippen molar-refractivity contribution in [2.45, 2.75) is 13.0 Å². The Morgan fingerprint density at radius 3 is 2.48 bits per heavy atom. The second kappa shape index (κ2) is 5.74. The molecule has 0 radical (unpaired) electrons. The van der Waals surface area contributed by atoms with Gasteiger partial charge in [0.2, 0.25) is 0 Å². The average Bonchev–Trinajstić information content (AvgIpc) is 2.83. The molecule has 0 unspecified atom stereocenters. The predicted molar refractivity (Wildman–Crippen MR) is 86.5 cm³/mol. The van der Waals surface area contributed by atoms with Gasteiger partial charge in [0.25, 0.3) is 0 Å². The van der Waals surface area contributed by atoms with Gasteiger partial charge in [0.15, 0.2) is 0 Å². The minimum absolute atomic E-state index is 0.0691. The van der Waals surface area contributed by atoms with Crippen LogP contribution in [0.4, 0.5) is 0 Å². The Kier molecular flexibility index (Phi) is 3.80. The summed E-state index contributed by atoms with van der Waals surface area (Å²) in [5, 5.41) is 9.99. The molecule has 3 nitrogen and oxygen atoms in total. The molecule has 0 saturated carbocycles. The minimum atomic E-state index is -0.802. The van der Waals surface area contributed by atoms with Crippen molar-refractivity contribution in [2.75, 3.05) is 0 Å². The summed E-state index contributed by atoms with van der Waals surface area (Å²) in [4.78, 5) is 10.7. The van der Waals surface area contributed by atoms with Crippen molar-refractivity contribution in [1.82, 2.24) is 4.57 Å². The highest BCUT2D eigenvalue weighted by molar-refractivity contribution is 9.10. The van der Waals surface area contributed by atoms with Gasteiger partial charge in [-0.05, 0) is 34.7 Å². The lowest BCUT2D eigenvalue weighted by molar-refractivity contribution is -0.136. The van der Waals surface area contributed by atoms with Crippen LogP contribution in [0.25, 0.3) is 10.9 Å². The molecule has 2 aromatic carbocycles. The van der Waals surface area contributed by atoms with E-state index in [0.29, 0.717) is 0 Å². The Labute approximate surface area is 131 Å². The molecule has 1 heterocycles. The van der Waals surface area contributed by atoms with Crippen LogP contribution in [0.2, 0.25) is 0 Å². The maximum absolute atomic E-state index is 10.7. The summed E-state index contributed by atoms with van der Waals surface area (Å²) >= 11 is 3.50. The molecule has 3 aromatic rings. The van der Waals surface area contributed by atoms with Gasteiger partial charge in [0, 0.05) is 22.7 Å². The third kappa shape index (κ3) is 3.16. The van der Waals surface area contributed by atoms with E-state index in [4.69, 9.17) is 5.11 Å². The maximum Gasteiger partial charge on any atom is 0.307 e. The molecule has 0 spiro atoms. The first kappa shape index (κ1) is 13.9. The van der Waals surface area contributed by atoms with E-state index in [1.54, 1.807) is 0 Å². The fourth-order valence-electron chi connectivity index (χ4n) is 2.43. The van der Waals surface area contributed by atoms with Crippen molar-refractivity contribution in [3.8, 4) is 0 Å². The number of aliphatic carboxylic acids is 1. The van der Waals surface area contributed by atoms with Crippen molar-refractivity contribution in [2.24, 2.45) is 0 Å². The van der Waals surface area contributed by atoms with Gasteiger partial charge in [-0.2, -0.15) is 0 Å². The van der Waals surface area contributed by atoms with Crippen molar-refractivity contribution in [3.05, 3.63) is 70.3 Å². The number of rotatable bonds is 4. The molecule has 1 N–H and O–H groups in total. The lowest BCUT2D eigenvalue weighted by Crippen LogP contribution is -2.01. The number of carbonyl (C=O) groups is 1. The highest BCUT2D eigenvalue weighted by Crippen LogP contribution is 2.22. The zero-order valence-corrected chi connectivity index (χ0v) is 12.9. The van der Waals surface area contributed by atoms with E-state index in [1.165, 1.54) is 10.9 Å². The highest BCUT2D eigenvalue weighted by atomic mass is 79.9. The molecule has 0 bridgehead atoms. The van der Waals surface area contributed by atoms with Crippen LogP contribution in [0.5, 0.6) is 0 Å². The van der Waals surface area contributed by atoms with Crippen LogP contribution < -0.4 is 0 Å². The van der Waals surface area contributed by atoms with Gasteiger partial charge in [-0.3, -0.25) is 4.79 Å². The SMILES string of the molecule is O=C(O)Cc1ccc(Cn2ccc3ccc(Br)cc32)cc1. The van der Waals surface area contributed by atoms with Gasteiger partial charge >= 0.3 is 5.97 Å². The number of carboxylic acid groups (broad SMARTS) is 1. The third-order valence-electron chi connectivity index (χ3n) is 3.47. The standard InChI is InChI=1S/C17H14BrNO2/c18-15-6-5-14-7-8-19(16(14)10-15)11-13-3-1-12(2-4-13)9-17(20)21/h1-8,10H,9,11H2,(H,20,21). The molecule has 0 saturated heterocycles. The van der Waals surface area contributed by atoms with Crippen LogP contribution in [0.1, 0.15) is 11.1 Å². The number of fused-ring (bicyclic) bond motifs is 1. The largest absolute Gasteiger partial charge is 0.481 e. The smallest absolute Gasteiger partial charge is 0.307 e. The monoisotopic (exact) mass is 343 g/mol. The molecule has 4 heteroatoms. The van der Waals surface area contributed by atoms with Crippen molar-refractivity contribution >= 4 is 32.8 Å². The van der Waals surface area contributed by atoms with Crippen LogP contribution in [0.15, 0.2) is 59.2 Å². The molecule has 0 aliphatic carbocycles. The molecule has 21 heavy (non-hydrogen) atoms. The molecule has 1 aromatic heterocycles. The Balaban J connectivity index is 1.85. The number of halogens is 1. The topological polar surface area (TPSA) is 42.2 Å². The fourth-order valence-corrected chi connectivity index (χ4v) is 2.78. The highest BCUT2D eigenvalue weighted by Gasteiger charge is 2.04. The van der Waals surface area contributed by atoms with Crippen molar-refractivity contribution in [3.63, 3.8) is 0 Å². The summed E-state index contributed by atoms with van der Waals surface area (Å²) in [5.41, 5.74) is 3.16. The summed E-state index contributed by atoms with van der Waals surface area (Å²) in [6.45, 7) is 0.771. The molecule has 0 atom stereocenters. The van der Waals surface area contributed by atoms with E-state index < -0.39 is 5.97 Å². The minimum Gasteiger partial charge on any atom is -0.481 e. The predicted octanol–water partition coefficient (Wildman–Crippen LogP) is 4.08. The van der Waals surface area contributed by atoms with Crippen molar-refractivity contribution < 1.29 is 9.90 Å². The third-order valence-corrected chi connectivity index (χ3v) is 3.96. The fraction of sp³-hybridized carbons (Fsp3) is 0.118. The Bertz CT molecular complexity index is 790. The van der Waals surface area contributed by atoms with E-state index in [2.05, 4.69) is 44.9 Å². The number of hydrogen-bond donors (Lipinski definition) is 1. The van der Waals surface area contributed by atoms with Crippen LogP contribution in [-0.2, 0) is 17.8 Å². The molecule has 3 rings (SSSR count). The second-order valence-corrected chi connectivity index (χ2v) is 5.95. The van der Waals surface area contributed by atoms with Gasteiger partial charge in [0.05, 0.1) is 6.42 Å². The first-order valence-corrected chi connectivity index (χ1v) is 7.45. The van der Waals surface area contributed by atoms with E-state index >= 15 is 0 Å². The first-order chi connectivity index (χ1) is 10.1. The Morgan fingerprint density at radius 1 is 1.05 bits per heavy atom. The molecule has 0 amide bonds. The van der Waals surface area contributed by atoms with E-state index in [1.807, 2.05) is 30.3 Å². The van der Waals surface area contributed by atoms with E-state index in [9.17, 15) is 4.79 Å². The van der Waals surface area contributed by atoms with Gasteiger partial charge in [-0.1, -0.05) is 46.3 Å². The van der Waals surface area contributed by atoms with Crippen LogP contribution in [0.3, 0.4) is 0 Å². The molecule has 0 aliphatic rings. The Morgan fingerprint density at radius 2 is 1.76 bits per heavy atom. The van der Waals surface area contributed by atoms with Gasteiger partial charge in [0.1, 0.15) is 0 Å². The van der Waals surface area contributed by atoms with Crippen LogP contribution in [-0.4, -0.2) is 15.6 Å². The first-order valence-electron chi connectivity index (χ1n) is 6.66. The number of carboxylic acids is 1. The normalized spacial score (nSPS) is 10.9. The second-order valence-electron chi connectivity index (χ2n) is 5.03. The van der Waals surface area contributed by atoms with Gasteiger partial charge in [-0.25, -0.2) is 0 Å². The van der Waals surface area contributed by atoms with E-state index in [-0.39, 0.29) is 6.42 Å². The maximum atomic E-state index is 10.7. The lowest BCUT2D eigenvalue weighted by atomic mass is 10.1. The molecule has 0 aliphatic heterocycles. The Hall–Kier alpha value is -2.07. The van der Waals surface area contributed by atoms with Gasteiger partial charge in [-0.15, -0.1) is 0 Å². The molecule has 106 valence electrons.